The van der Waals surface area contributed by atoms with Crippen molar-refractivity contribution in [1.29, 1.82) is 0 Å². The van der Waals surface area contributed by atoms with Gasteiger partial charge >= 0.3 is 0 Å². The van der Waals surface area contributed by atoms with Crippen LogP contribution in [0, 0.1) is 0 Å². The molecule has 4 rings (SSSR count). The highest BCUT2D eigenvalue weighted by atomic mass is 35.5. The van der Waals surface area contributed by atoms with Crippen LogP contribution in [0.2, 0.25) is 5.02 Å². The van der Waals surface area contributed by atoms with Gasteiger partial charge in [-0.05, 0) is 29.1 Å². The van der Waals surface area contributed by atoms with E-state index in [1.807, 2.05) is 23.6 Å². The minimum atomic E-state index is -0.0427. The standard InChI is InChI=1S/C18H15ClN2O3S2/c1-2-4-21-17(22)12-3-7-25-16(12)20-18(21)26-10-11-8-13(19)15-14(9-11)23-5-6-24-15/h2-3,7-9H,1,4-6,10H2. The lowest BCUT2D eigenvalue weighted by molar-refractivity contribution is 0.171. The summed E-state index contributed by atoms with van der Waals surface area (Å²) in [5.74, 6) is 1.86. The third kappa shape index (κ3) is 3.22. The van der Waals surface area contributed by atoms with Crippen molar-refractivity contribution in [2.45, 2.75) is 17.5 Å². The van der Waals surface area contributed by atoms with Gasteiger partial charge in [0.2, 0.25) is 0 Å². The van der Waals surface area contributed by atoms with Gasteiger partial charge in [-0.2, -0.15) is 0 Å². The number of ether oxygens (including phenoxy) is 2. The topological polar surface area (TPSA) is 53.4 Å². The SMILES string of the molecule is C=CCn1c(SCc2cc(Cl)c3c(c2)OCCO3)nc2sccc2c1=O. The maximum Gasteiger partial charge on any atom is 0.263 e. The molecule has 2 aromatic heterocycles. The molecule has 134 valence electrons. The van der Waals surface area contributed by atoms with Gasteiger partial charge in [0.1, 0.15) is 18.0 Å². The molecule has 0 N–H and O–H groups in total. The second kappa shape index (κ2) is 7.34. The molecule has 0 atom stereocenters. The van der Waals surface area contributed by atoms with Crippen molar-refractivity contribution in [2.75, 3.05) is 13.2 Å². The predicted octanol–water partition coefficient (Wildman–Crippen LogP) is 4.36. The van der Waals surface area contributed by atoms with Gasteiger partial charge in [0, 0.05) is 12.3 Å². The van der Waals surface area contributed by atoms with E-state index in [1.165, 1.54) is 23.1 Å². The summed E-state index contributed by atoms with van der Waals surface area (Å²) in [6.07, 6.45) is 1.70. The number of aromatic nitrogens is 2. The Morgan fingerprint density at radius 3 is 3.08 bits per heavy atom. The third-order valence-corrected chi connectivity index (χ3v) is 6.02. The Morgan fingerprint density at radius 2 is 2.23 bits per heavy atom. The van der Waals surface area contributed by atoms with Crippen molar-refractivity contribution in [2.24, 2.45) is 0 Å². The lowest BCUT2D eigenvalue weighted by Crippen LogP contribution is -2.22. The molecule has 0 saturated carbocycles. The quantitative estimate of drug-likeness (QED) is 0.358. The van der Waals surface area contributed by atoms with Crippen molar-refractivity contribution < 1.29 is 9.47 Å². The molecular formula is C18H15ClN2O3S2. The average molecular weight is 407 g/mol. The molecule has 5 nitrogen and oxygen atoms in total. The fourth-order valence-corrected chi connectivity index (χ4v) is 4.76. The van der Waals surface area contributed by atoms with Crippen LogP contribution >= 0.6 is 34.7 Å². The third-order valence-electron chi connectivity index (χ3n) is 3.88. The summed E-state index contributed by atoms with van der Waals surface area (Å²) in [6, 6.07) is 5.60. The van der Waals surface area contributed by atoms with Crippen molar-refractivity contribution in [1.82, 2.24) is 9.55 Å². The Kier molecular flexibility index (Phi) is 4.93. The van der Waals surface area contributed by atoms with E-state index in [0.29, 0.717) is 52.6 Å². The summed E-state index contributed by atoms with van der Waals surface area (Å²) < 4.78 is 12.8. The number of thiophene rings is 1. The van der Waals surface area contributed by atoms with Crippen molar-refractivity contribution in [3.63, 3.8) is 0 Å². The number of fused-ring (bicyclic) bond motifs is 2. The smallest absolute Gasteiger partial charge is 0.263 e. The average Bonchev–Trinajstić information content (AvgIpc) is 3.11. The number of benzene rings is 1. The molecule has 8 heteroatoms. The van der Waals surface area contributed by atoms with Crippen LogP contribution in [-0.2, 0) is 12.3 Å². The van der Waals surface area contributed by atoms with Gasteiger partial charge < -0.3 is 9.47 Å². The summed E-state index contributed by atoms with van der Waals surface area (Å²) in [7, 11) is 0. The molecule has 1 aliphatic rings. The fourth-order valence-electron chi connectivity index (χ4n) is 2.73. The molecule has 1 aromatic carbocycles. The van der Waals surface area contributed by atoms with E-state index in [0.717, 1.165) is 10.4 Å². The number of nitrogens with zero attached hydrogens (tertiary/aromatic N) is 2. The monoisotopic (exact) mass is 406 g/mol. The van der Waals surface area contributed by atoms with Gasteiger partial charge in [-0.1, -0.05) is 29.4 Å². The zero-order chi connectivity index (χ0) is 18.1. The molecule has 0 aliphatic carbocycles. The molecule has 0 bridgehead atoms. The molecule has 0 radical (unpaired) electrons. The molecule has 0 amide bonds. The normalized spacial score (nSPS) is 13.1. The second-order valence-corrected chi connectivity index (χ2v) is 7.87. The molecule has 0 spiro atoms. The highest BCUT2D eigenvalue weighted by Gasteiger charge is 2.17. The number of hydrogen-bond acceptors (Lipinski definition) is 6. The number of halogens is 1. The van der Waals surface area contributed by atoms with E-state index in [9.17, 15) is 4.79 Å². The van der Waals surface area contributed by atoms with E-state index in [-0.39, 0.29) is 5.56 Å². The fraction of sp³-hybridized carbons (Fsp3) is 0.222. The first-order valence-corrected chi connectivity index (χ1v) is 10.2. The first-order chi connectivity index (χ1) is 12.7. The number of allylic oxidation sites excluding steroid dienone is 1. The van der Waals surface area contributed by atoms with Gasteiger partial charge in [-0.25, -0.2) is 4.98 Å². The van der Waals surface area contributed by atoms with Crippen LogP contribution in [0.25, 0.3) is 10.2 Å². The number of hydrogen-bond donors (Lipinski definition) is 0. The van der Waals surface area contributed by atoms with E-state index >= 15 is 0 Å². The Morgan fingerprint density at radius 1 is 1.38 bits per heavy atom. The lowest BCUT2D eigenvalue weighted by atomic mass is 10.2. The van der Waals surface area contributed by atoms with Crippen molar-refractivity contribution >= 4 is 44.9 Å². The largest absolute Gasteiger partial charge is 0.486 e. The minimum Gasteiger partial charge on any atom is -0.486 e. The van der Waals surface area contributed by atoms with Crippen LogP contribution in [-0.4, -0.2) is 22.8 Å². The number of thioether (sulfide) groups is 1. The van der Waals surface area contributed by atoms with Gasteiger partial charge in [0.05, 0.1) is 10.4 Å². The first kappa shape index (κ1) is 17.5. The maximum atomic E-state index is 12.7. The molecule has 26 heavy (non-hydrogen) atoms. The summed E-state index contributed by atoms with van der Waals surface area (Å²) in [4.78, 5) is 18.1. The number of rotatable bonds is 5. The molecular weight excluding hydrogens is 392 g/mol. The molecule has 1 aliphatic heterocycles. The Balaban J connectivity index is 1.65. The van der Waals surface area contributed by atoms with E-state index < -0.39 is 0 Å². The van der Waals surface area contributed by atoms with Gasteiger partial charge in [0.15, 0.2) is 16.7 Å². The highest BCUT2D eigenvalue weighted by Crippen LogP contribution is 2.39. The second-order valence-electron chi connectivity index (χ2n) is 5.63. The maximum absolute atomic E-state index is 12.7. The first-order valence-electron chi connectivity index (χ1n) is 7.97. The van der Waals surface area contributed by atoms with Crippen LogP contribution in [0.4, 0.5) is 0 Å². The summed E-state index contributed by atoms with van der Waals surface area (Å²) >= 11 is 9.25. The van der Waals surface area contributed by atoms with Crippen LogP contribution in [0.5, 0.6) is 11.5 Å². The molecule has 0 saturated heterocycles. The van der Waals surface area contributed by atoms with Crippen LogP contribution in [0.15, 0.2) is 46.2 Å². The molecule has 3 aromatic rings. The lowest BCUT2D eigenvalue weighted by Gasteiger charge is -2.20. The van der Waals surface area contributed by atoms with Crippen molar-refractivity contribution in [3.8, 4) is 11.5 Å². The molecule has 0 unspecified atom stereocenters. The Hall–Kier alpha value is -1.96. The predicted molar refractivity (Wildman–Crippen MR) is 106 cm³/mol. The van der Waals surface area contributed by atoms with Gasteiger partial charge in [0.25, 0.3) is 5.56 Å². The minimum absolute atomic E-state index is 0.0427. The zero-order valence-electron chi connectivity index (χ0n) is 13.7. The van der Waals surface area contributed by atoms with Crippen molar-refractivity contribution in [3.05, 3.63) is 57.2 Å². The van der Waals surface area contributed by atoms with Crippen LogP contribution < -0.4 is 15.0 Å². The van der Waals surface area contributed by atoms with Crippen LogP contribution in [0.1, 0.15) is 5.56 Å². The summed E-state index contributed by atoms with van der Waals surface area (Å²) in [6.45, 7) is 5.17. The van der Waals surface area contributed by atoms with Crippen LogP contribution in [0.3, 0.4) is 0 Å². The zero-order valence-corrected chi connectivity index (χ0v) is 16.1. The Labute approximate surface area is 163 Å². The highest BCUT2D eigenvalue weighted by molar-refractivity contribution is 7.98. The molecule has 3 heterocycles. The van der Waals surface area contributed by atoms with E-state index in [4.69, 9.17) is 21.1 Å². The summed E-state index contributed by atoms with van der Waals surface area (Å²) in [5, 5.41) is 3.72. The van der Waals surface area contributed by atoms with E-state index in [1.54, 1.807) is 10.6 Å². The van der Waals surface area contributed by atoms with Gasteiger partial charge in [-0.3, -0.25) is 9.36 Å². The summed E-state index contributed by atoms with van der Waals surface area (Å²) in [5.41, 5.74) is 0.939. The van der Waals surface area contributed by atoms with Gasteiger partial charge in [-0.15, -0.1) is 17.9 Å². The molecule has 0 fully saturated rings. The Bertz CT molecular complexity index is 1040. The van der Waals surface area contributed by atoms with E-state index in [2.05, 4.69) is 11.6 Å².